The van der Waals surface area contributed by atoms with Gasteiger partial charge in [-0.1, -0.05) is 11.6 Å². The highest BCUT2D eigenvalue weighted by atomic mass is 35.5. The van der Waals surface area contributed by atoms with Crippen molar-refractivity contribution in [1.29, 1.82) is 0 Å². The predicted molar refractivity (Wildman–Crippen MR) is 110 cm³/mol. The molecule has 3 heterocycles. The van der Waals surface area contributed by atoms with E-state index in [1.807, 2.05) is 36.7 Å². The average Bonchev–Trinajstić information content (AvgIpc) is 3.33. The van der Waals surface area contributed by atoms with Crippen LogP contribution in [-0.2, 0) is 6.54 Å². The maximum absolute atomic E-state index is 13.1. The standard InChI is InChI=1S/C21H22ClN3OS/c1-15-12-17(22)6-7-19(15)20(26)16-4-2-9-24(13-16)14-18-5-3-10-25(18)21-23-8-11-27-21/h3,5-8,10-12,16H,2,4,9,13-14H2,1H3. The van der Waals surface area contributed by atoms with Crippen molar-refractivity contribution in [3.8, 4) is 5.13 Å². The van der Waals surface area contributed by atoms with Crippen molar-refractivity contribution in [3.05, 3.63) is 69.9 Å². The highest BCUT2D eigenvalue weighted by Crippen LogP contribution is 2.26. The summed E-state index contributed by atoms with van der Waals surface area (Å²) in [5, 5.41) is 3.65. The van der Waals surface area contributed by atoms with Gasteiger partial charge >= 0.3 is 0 Å². The largest absolute Gasteiger partial charge is 0.297 e. The Kier molecular flexibility index (Phi) is 5.43. The van der Waals surface area contributed by atoms with Gasteiger partial charge in [0.25, 0.3) is 0 Å². The molecule has 0 saturated carbocycles. The van der Waals surface area contributed by atoms with Crippen molar-refractivity contribution in [2.24, 2.45) is 5.92 Å². The monoisotopic (exact) mass is 399 g/mol. The molecular weight excluding hydrogens is 378 g/mol. The van der Waals surface area contributed by atoms with Gasteiger partial charge in [-0.05, 0) is 62.2 Å². The van der Waals surface area contributed by atoms with Crippen LogP contribution in [0.2, 0.25) is 5.02 Å². The van der Waals surface area contributed by atoms with Crippen LogP contribution in [0.4, 0.5) is 0 Å². The molecule has 27 heavy (non-hydrogen) atoms. The minimum atomic E-state index is 0.0434. The van der Waals surface area contributed by atoms with Crippen molar-refractivity contribution >= 4 is 28.7 Å². The number of nitrogens with zero attached hydrogens (tertiary/aromatic N) is 3. The Balaban J connectivity index is 1.47. The van der Waals surface area contributed by atoms with E-state index in [9.17, 15) is 4.79 Å². The fraction of sp³-hybridized carbons (Fsp3) is 0.333. The first-order valence-electron chi connectivity index (χ1n) is 9.20. The molecule has 6 heteroatoms. The average molecular weight is 400 g/mol. The molecule has 0 radical (unpaired) electrons. The number of Topliss-reactive ketones (excluding diaryl/α,β-unsaturated/α-hetero) is 1. The molecule has 0 amide bonds. The van der Waals surface area contributed by atoms with Crippen LogP contribution in [-0.4, -0.2) is 33.3 Å². The molecule has 140 valence electrons. The minimum absolute atomic E-state index is 0.0434. The highest BCUT2D eigenvalue weighted by Gasteiger charge is 2.28. The van der Waals surface area contributed by atoms with Gasteiger partial charge in [-0.3, -0.25) is 14.3 Å². The van der Waals surface area contributed by atoms with Gasteiger partial charge in [-0.2, -0.15) is 0 Å². The third-order valence-corrected chi connectivity index (χ3v) is 6.18. The predicted octanol–water partition coefficient (Wildman–Crippen LogP) is 4.99. The normalized spacial score (nSPS) is 17.9. The Morgan fingerprint density at radius 3 is 3.04 bits per heavy atom. The van der Waals surface area contributed by atoms with Crippen LogP contribution in [0.15, 0.2) is 48.1 Å². The Hall–Kier alpha value is -1.95. The van der Waals surface area contributed by atoms with Gasteiger partial charge in [0, 0.05) is 53.1 Å². The first-order valence-corrected chi connectivity index (χ1v) is 10.5. The summed E-state index contributed by atoms with van der Waals surface area (Å²) in [6.45, 7) is 4.60. The third kappa shape index (κ3) is 4.00. The molecule has 1 atom stereocenters. The number of hydrogen-bond donors (Lipinski definition) is 0. The van der Waals surface area contributed by atoms with Crippen LogP contribution in [0.1, 0.15) is 34.5 Å². The smallest absolute Gasteiger partial charge is 0.193 e. The Bertz CT molecular complexity index is 935. The van der Waals surface area contributed by atoms with Crippen LogP contribution in [0.25, 0.3) is 5.13 Å². The molecule has 1 aliphatic heterocycles. The molecule has 4 nitrogen and oxygen atoms in total. The molecule has 0 aliphatic carbocycles. The van der Waals surface area contributed by atoms with Crippen molar-refractivity contribution in [3.63, 3.8) is 0 Å². The molecule has 0 spiro atoms. The number of aromatic nitrogens is 2. The zero-order chi connectivity index (χ0) is 18.8. The lowest BCUT2D eigenvalue weighted by atomic mass is 9.88. The fourth-order valence-electron chi connectivity index (χ4n) is 3.83. The number of halogens is 1. The summed E-state index contributed by atoms with van der Waals surface area (Å²) >= 11 is 7.67. The summed E-state index contributed by atoms with van der Waals surface area (Å²) in [5.41, 5.74) is 2.97. The Morgan fingerprint density at radius 1 is 1.37 bits per heavy atom. The second-order valence-corrected chi connectivity index (χ2v) is 8.39. The summed E-state index contributed by atoms with van der Waals surface area (Å²) in [5.74, 6) is 0.283. The summed E-state index contributed by atoms with van der Waals surface area (Å²) in [7, 11) is 0. The number of piperidine rings is 1. The molecule has 1 fully saturated rings. The maximum Gasteiger partial charge on any atom is 0.193 e. The Morgan fingerprint density at radius 2 is 2.26 bits per heavy atom. The van der Waals surface area contributed by atoms with Gasteiger partial charge in [0.15, 0.2) is 10.9 Å². The van der Waals surface area contributed by atoms with Crippen molar-refractivity contribution in [1.82, 2.24) is 14.5 Å². The molecule has 1 aliphatic rings. The molecule has 0 N–H and O–H groups in total. The number of rotatable bonds is 5. The minimum Gasteiger partial charge on any atom is -0.297 e. The van der Waals surface area contributed by atoms with Gasteiger partial charge in [0.2, 0.25) is 0 Å². The number of thiazole rings is 1. The number of aryl methyl sites for hydroxylation is 1. The maximum atomic E-state index is 13.1. The second kappa shape index (κ2) is 7.97. The highest BCUT2D eigenvalue weighted by molar-refractivity contribution is 7.12. The number of benzene rings is 1. The number of ketones is 1. The first kappa shape index (κ1) is 18.4. The fourth-order valence-corrected chi connectivity index (χ4v) is 4.72. The summed E-state index contributed by atoms with van der Waals surface area (Å²) in [4.78, 5) is 19.8. The van der Waals surface area contributed by atoms with E-state index in [-0.39, 0.29) is 11.7 Å². The van der Waals surface area contributed by atoms with E-state index in [0.29, 0.717) is 5.02 Å². The molecule has 3 aromatic rings. The van der Waals surface area contributed by atoms with Crippen molar-refractivity contribution in [2.45, 2.75) is 26.3 Å². The number of hydrogen-bond acceptors (Lipinski definition) is 4. The summed E-state index contributed by atoms with van der Waals surface area (Å²) in [6, 6.07) is 9.74. The quantitative estimate of drug-likeness (QED) is 0.567. The van der Waals surface area contributed by atoms with Crippen molar-refractivity contribution < 1.29 is 4.79 Å². The van der Waals surface area contributed by atoms with E-state index in [1.54, 1.807) is 11.3 Å². The third-order valence-electron chi connectivity index (χ3n) is 5.17. The number of carbonyl (C=O) groups is 1. The van der Waals surface area contributed by atoms with Gasteiger partial charge in [0.1, 0.15) is 0 Å². The number of likely N-dealkylation sites (tertiary alicyclic amines) is 1. The van der Waals surface area contributed by atoms with E-state index in [2.05, 4.69) is 32.8 Å². The SMILES string of the molecule is Cc1cc(Cl)ccc1C(=O)C1CCCN(Cc2cccn2-c2nccs2)C1. The van der Waals surface area contributed by atoms with Crippen LogP contribution in [0.3, 0.4) is 0 Å². The molecular formula is C21H22ClN3OS. The van der Waals surface area contributed by atoms with E-state index in [4.69, 9.17) is 11.6 Å². The van der Waals surface area contributed by atoms with E-state index in [0.717, 1.165) is 48.7 Å². The van der Waals surface area contributed by atoms with Gasteiger partial charge < -0.3 is 0 Å². The molecule has 1 unspecified atom stereocenters. The van der Waals surface area contributed by atoms with Crippen LogP contribution in [0.5, 0.6) is 0 Å². The number of carbonyl (C=O) groups excluding carboxylic acids is 1. The lowest BCUT2D eigenvalue weighted by Crippen LogP contribution is -2.38. The molecule has 2 aromatic heterocycles. The lowest BCUT2D eigenvalue weighted by Gasteiger charge is -2.32. The topological polar surface area (TPSA) is 38.1 Å². The second-order valence-electron chi connectivity index (χ2n) is 7.08. The lowest BCUT2D eigenvalue weighted by molar-refractivity contribution is 0.0809. The van der Waals surface area contributed by atoms with Crippen molar-refractivity contribution in [2.75, 3.05) is 13.1 Å². The molecule has 0 bridgehead atoms. The van der Waals surface area contributed by atoms with Crippen LogP contribution < -0.4 is 0 Å². The van der Waals surface area contributed by atoms with E-state index >= 15 is 0 Å². The van der Waals surface area contributed by atoms with Gasteiger partial charge in [0.05, 0.1) is 0 Å². The Labute approximate surface area is 168 Å². The van der Waals surface area contributed by atoms with Gasteiger partial charge in [-0.15, -0.1) is 11.3 Å². The van der Waals surface area contributed by atoms with Crippen LogP contribution in [0, 0.1) is 12.8 Å². The van der Waals surface area contributed by atoms with E-state index in [1.165, 1.54) is 5.69 Å². The zero-order valence-corrected chi connectivity index (χ0v) is 16.8. The zero-order valence-electron chi connectivity index (χ0n) is 15.3. The molecule has 1 saturated heterocycles. The van der Waals surface area contributed by atoms with E-state index < -0.39 is 0 Å². The summed E-state index contributed by atoms with van der Waals surface area (Å²) < 4.78 is 2.14. The first-order chi connectivity index (χ1) is 13.1. The molecule has 4 rings (SSSR count). The van der Waals surface area contributed by atoms with Crippen LogP contribution >= 0.6 is 22.9 Å². The molecule has 1 aromatic carbocycles. The summed E-state index contributed by atoms with van der Waals surface area (Å²) in [6.07, 6.45) is 5.87. The van der Waals surface area contributed by atoms with Gasteiger partial charge in [-0.25, -0.2) is 4.98 Å².